The number of benzene rings is 1. The maximum absolute atomic E-state index is 12.2. The summed E-state index contributed by atoms with van der Waals surface area (Å²) in [5.74, 6) is -0.746. The minimum absolute atomic E-state index is 0.116. The molecule has 0 heterocycles. The predicted octanol–water partition coefficient (Wildman–Crippen LogP) is 3.49. The molecule has 0 aromatic heterocycles. The molecule has 1 aromatic carbocycles. The Hall–Kier alpha value is -2.41. The SMILES string of the molecule is CC.CC.CNC(C(=O)N[C@@H](C)C(=O)Nc1ccc(COC(C)=O)cc1)C(C)C. The summed E-state index contributed by atoms with van der Waals surface area (Å²) in [6, 6.07) is 5.94. The van der Waals surface area contributed by atoms with Crippen molar-refractivity contribution in [2.24, 2.45) is 5.92 Å². The number of ether oxygens (including phenoxy) is 1. The molecule has 0 aliphatic rings. The Labute approximate surface area is 176 Å². The van der Waals surface area contributed by atoms with Crippen molar-refractivity contribution in [2.75, 3.05) is 12.4 Å². The van der Waals surface area contributed by atoms with Crippen LogP contribution in [-0.4, -0.2) is 36.9 Å². The first-order valence-corrected chi connectivity index (χ1v) is 10.3. The third-order valence-electron chi connectivity index (χ3n) is 3.68. The molecule has 1 rings (SSSR count). The van der Waals surface area contributed by atoms with Crippen LogP contribution in [0.5, 0.6) is 0 Å². The van der Waals surface area contributed by atoms with Crippen molar-refractivity contribution >= 4 is 23.5 Å². The van der Waals surface area contributed by atoms with E-state index in [-0.39, 0.29) is 36.4 Å². The zero-order chi connectivity index (χ0) is 23.0. The lowest BCUT2D eigenvalue weighted by atomic mass is 10.0. The van der Waals surface area contributed by atoms with Gasteiger partial charge in [0, 0.05) is 12.6 Å². The summed E-state index contributed by atoms with van der Waals surface area (Å²) in [4.78, 5) is 35.2. The summed E-state index contributed by atoms with van der Waals surface area (Å²) in [7, 11) is 1.71. The number of anilines is 1. The van der Waals surface area contributed by atoms with Crippen LogP contribution in [0.2, 0.25) is 0 Å². The molecular formula is C22H39N3O4. The van der Waals surface area contributed by atoms with Crippen molar-refractivity contribution < 1.29 is 19.1 Å². The molecule has 166 valence electrons. The molecular weight excluding hydrogens is 370 g/mol. The topological polar surface area (TPSA) is 96.5 Å². The molecule has 7 nitrogen and oxygen atoms in total. The van der Waals surface area contributed by atoms with Gasteiger partial charge < -0.3 is 20.7 Å². The predicted molar refractivity (Wildman–Crippen MR) is 119 cm³/mol. The second-order valence-electron chi connectivity index (χ2n) is 6.21. The molecule has 0 aliphatic heterocycles. The molecule has 3 N–H and O–H groups in total. The van der Waals surface area contributed by atoms with E-state index in [0.29, 0.717) is 5.69 Å². The van der Waals surface area contributed by atoms with E-state index in [1.165, 1.54) is 6.92 Å². The van der Waals surface area contributed by atoms with E-state index >= 15 is 0 Å². The van der Waals surface area contributed by atoms with Crippen LogP contribution >= 0.6 is 0 Å². The lowest BCUT2D eigenvalue weighted by Crippen LogP contribution is -2.51. The van der Waals surface area contributed by atoms with Crippen LogP contribution in [0.3, 0.4) is 0 Å². The monoisotopic (exact) mass is 409 g/mol. The van der Waals surface area contributed by atoms with Crippen molar-refractivity contribution in [3.63, 3.8) is 0 Å². The van der Waals surface area contributed by atoms with Crippen LogP contribution in [0.15, 0.2) is 24.3 Å². The van der Waals surface area contributed by atoms with E-state index in [4.69, 9.17) is 4.74 Å². The van der Waals surface area contributed by atoms with Crippen molar-refractivity contribution in [3.8, 4) is 0 Å². The minimum Gasteiger partial charge on any atom is -0.461 e. The summed E-state index contributed by atoms with van der Waals surface area (Å²) in [6.45, 7) is 15.0. The molecule has 29 heavy (non-hydrogen) atoms. The summed E-state index contributed by atoms with van der Waals surface area (Å²) in [5, 5.41) is 8.39. The Balaban J connectivity index is 0. The molecule has 1 aromatic rings. The van der Waals surface area contributed by atoms with E-state index in [1.54, 1.807) is 38.2 Å². The Morgan fingerprint density at radius 1 is 0.931 bits per heavy atom. The highest BCUT2D eigenvalue weighted by Gasteiger charge is 2.23. The summed E-state index contributed by atoms with van der Waals surface area (Å²) < 4.78 is 4.90. The van der Waals surface area contributed by atoms with Crippen molar-refractivity contribution in [1.29, 1.82) is 0 Å². The number of hydrogen-bond acceptors (Lipinski definition) is 5. The Kier molecular flexibility index (Phi) is 16.4. The molecule has 1 unspecified atom stereocenters. The first-order chi connectivity index (χ1) is 13.7. The van der Waals surface area contributed by atoms with E-state index in [1.807, 2.05) is 41.5 Å². The van der Waals surface area contributed by atoms with Crippen LogP contribution in [0.25, 0.3) is 0 Å². The lowest BCUT2D eigenvalue weighted by molar-refractivity contribution is -0.142. The third-order valence-corrected chi connectivity index (χ3v) is 3.68. The summed E-state index contributed by atoms with van der Waals surface area (Å²) in [5.41, 5.74) is 1.43. The fourth-order valence-electron chi connectivity index (χ4n) is 2.26. The highest BCUT2D eigenvalue weighted by atomic mass is 16.5. The maximum Gasteiger partial charge on any atom is 0.302 e. The Morgan fingerprint density at radius 3 is 1.86 bits per heavy atom. The van der Waals surface area contributed by atoms with E-state index < -0.39 is 6.04 Å². The first kappa shape index (κ1) is 28.8. The number of hydrogen-bond donors (Lipinski definition) is 3. The van der Waals surface area contributed by atoms with Gasteiger partial charge in [0.05, 0.1) is 6.04 Å². The molecule has 0 radical (unpaired) electrons. The van der Waals surface area contributed by atoms with Gasteiger partial charge in [-0.15, -0.1) is 0 Å². The molecule has 0 spiro atoms. The molecule has 0 aliphatic carbocycles. The molecule has 0 saturated carbocycles. The van der Waals surface area contributed by atoms with Gasteiger partial charge in [0.25, 0.3) is 0 Å². The van der Waals surface area contributed by atoms with Gasteiger partial charge in [-0.3, -0.25) is 14.4 Å². The average molecular weight is 410 g/mol. The Bertz CT molecular complexity index is 601. The van der Waals surface area contributed by atoms with E-state index in [9.17, 15) is 14.4 Å². The van der Waals surface area contributed by atoms with Crippen molar-refractivity contribution in [3.05, 3.63) is 29.8 Å². The fourth-order valence-corrected chi connectivity index (χ4v) is 2.26. The van der Waals surface area contributed by atoms with Gasteiger partial charge in [-0.25, -0.2) is 0 Å². The lowest BCUT2D eigenvalue weighted by Gasteiger charge is -2.22. The van der Waals surface area contributed by atoms with E-state index in [2.05, 4.69) is 16.0 Å². The Morgan fingerprint density at radius 2 is 1.45 bits per heavy atom. The first-order valence-electron chi connectivity index (χ1n) is 10.3. The van der Waals surface area contributed by atoms with Crippen LogP contribution in [0, 0.1) is 5.92 Å². The second-order valence-corrected chi connectivity index (χ2v) is 6.21. The zero-order valence-corrected chi connectivity index (χ0v) is 19.4. The van der Waals surface area contributed by atoms with Crippen molar-refractivity contribution in [1.82, 2.24) is 10.6 Å². The van der Waals surface area contributed by atoms with Crippen LogP contribution < -0.4 is 16.0 Å². The molecule has 0 fully saturated rings. The third kappa shape index (κ3) is 11.9. The van der Waals surface area contributed by atoms with Gasteiger partial charge in [-0.2, -0.15) is 0 Å². The zero-order valence-electron chi connectivity index (χ0n) is 19.4. The molecule has 0 saturated heterocycles. The molecule has 2 atom stereocenters. The maximum atomic E-state index is 12.2. The standard InChI is InChI=1S/C18H27N3O4.2C2H6/c1-11(2)16(19-5)18(24)20-12(3)17(23)21-15-8-6-14(7-9-15)10-25-13(4)22;2*1-2/h6-9,11-12,16,19H,10H2,1-5H3,(H,20,24)(H,21,23);2*1-2H3/t12-,16?;;/m0../s1. The van der Waals surface area contributed by atoms with Gasteiger partial charge in [-0.1, -0.05) is 53.7 Å². The highest BCUT2D eigenvalue weighted by molar-refractivity contribution is 5.97. The van der Waals surface area contributed by atoms with E-state index in [0.717, 1.165) is 5.56 Å². The summed E-state index contributed by atoms with van der Waals surface area (Å²) >= 11 is 0. The summed E-state index contributed by atoms with van der Waals surface area (Å²) in [6.07, 6.45) is 0. The normalized spacial score (nSPS) is 11.7. The van der Waals surface area contributed by atoms with Crippen molar-refractivity contribution in [2.45, 2.75) is 74.1 Å². The van der Waals surface area contributed by atoms with Gasteiger partial charge in [-0.05, 0) is 37.6 Å². The van der Waals surface area contributed by atoms with Gasteiger partial charge in [0.15, 0.2) is 0 Å². The minimum atomic E-state index is -0.664. The molecule has 7 heteroatoms. The number of amides is 2. The average Bonchev–Trinajstić information content (AvgIpc) is 2.70. The quantitative estimate of drug-likeness (QED) is 0.571. The highest BCUT2D eigenvalue weighted by Crippen LogP contribution is 2.11. The van der Waals surface area contributed by atoms with Crippen LogP contribution in [0.4, 0.5) is 5.69 Å². The number of carbonyl (C=O) groups is 3. The van der Waals surface area contributed by atoms with Gasteiger partial charge >= 0.3 is 5.97 Å². The largest absolute Gasteiger partial charge is 0.461 e. The van der Waals surface area contributed by atoms with Crippen LogP contribution in [0.1, 0.15) is 61.0 Å². The number of carbonyl (C=O) groups excluding carboxylic acids is 3. The second kappa shape index (κ2) is 16.5. The van der Waals surface area contributed by atoms with Gasteiger partial charge in [0.2, 0.25) is 11.8 Å². The smallest absolute Gasteiger partial charge is 0.302 e. The van der Waals surface area contributed by atoms with Gasteiger partial charge in [0.1, 0.15) is 12.6 Å². The number of rotatable bonds is 8. The van der Waals surface area contributed by atoms with Crippen LogP contribution in [-0.2, 0) is 25.7 Å². The number of likely N-dealkylation sites (N-methyl/N-ethyl adjacent to an activating group) is 1. The fraction of sp³-hybridized carbons (Fsp3) is 0.591. The molecule has 2 amide bonds. The number of esters is 1. The molecule has 0 bridgehead atoms. The number of nitrogens with one attached hydrogen (secondary N) is 3.